The summed E-state index contributed by atoms with van der Waals surface area (Å²) in [5.41, 5.74) is 9.83. The summed E-state index contributed by atoms with van der Waals surface area (Å²) in [4.78, 5) is 9.28. The zero-order chi connectivity index (χ0) is 30.6. The van der Waals surface area contributed by atoms with Crippen molar-refractivity contribution in [3.63, 3.8) is 0 Å². The van der Waals surface area contributed by atoms with Gasteiger partial charge in [0.1, 0.15) is 0 Å². The Morgan fingerprint density at radius 2 is 1.53 bits per heavy atom. The van der Waals surface area contributed by atoms with Crippen molar-refractivity contribution in [2.24, 2.45) is 5.41 Å². The van der Waals surface area contributed by atoms with Gasteiger partial charge in [-0.2, -0.15) is 0 Å². The van der Waals surface area contributed by atoms with E-state index in [9.17, 15) is 0 Å². The van der Waals surface area contributed by atoms with Crippen molar-refractivity contribution in [3.8, 4) is 11.3 Å². The molecule has 0 aliphatic carbocycles. The third-order valence-corrected chi connectivity index (χ3v) is 8.36. The largest absolute Gasteiger partial charge is 0.351 e. The standard InChI is InChI=1S/C26H21N2.C15H16N.Ir/c1-26(2,3)15-16-13-17-11-12-27-24-20-9-6-8-19-18-7-4-5-10-21(18)28(25(19)20)22(14-16)23(17)24;1-15(2,3)13-9-10-14(16-11-13)12-7-5-4-6-8-12;/h4-8,10-14H,15H2,1-3H3;4-7,9-11H,1-3H3;/q2*-1;. The molecule has 4 heteroatoms. The van der Waals surface area contributed by atoms with E-state index in [4.69, 9.17) is 4.98 Å². The van der Waals surface area contributed by atoms with Crippen LogP contribution in [-0.2, 0) is 31.9 Å². The molecule has 0 fully saturated rings. The van der Waals surface area contributed by atoms with E-state index in [1.165, 1.54) is 49.2 Å². The minimum Gasteiger partial charge on any atom is -0.351 e. The van der Waals surface area contributed by atoms with E-state index >= 15 is 0 Å². The topological polar surface area (TPSA) is 30.2 Å². The van der Waals surface area contributed by atoms with Gasteiger partial charge in [0.25, 0.3) is 0 Å². The molecule has 0 spiro atoms. The molecule has 45 heavy (non-hydrogen) atoms. The third-order valence-electron chi connectivity index (χ3n) is 8.36. The van der Waals surface area contributed by atoms with Crippen molar-refractivity contribution < 1.29 is 20.1 Å². The molecule has 8 aromatic rings. The maximum Gasteiger partial charge on any atom is 0.0435 e. The second-order valence-electron chi connectivity index (χ2n) is 14.0. The fourth-order valence-electron chi connectivity index (χ4n) is 6.37. The molecule has 0 amide bonds. The molecule has 4 aromatic carbocycles. The number of para-hydroxylation sites is 1. The maximum atomic E-state index is 4.79. The average Bonchev–Trinajstić information content (AvgIpc) is 3.35. The van der Waals surface area contributed by atoms with Gasteiger partial charge in [-0.3, -0.25) is 0 Å². The van der Waals surface area contributed by atoms with Crippen molar-refractivity contribution in [3.05, 3.63) is 127 Å². The number of fused-ring (bicyclic) bond motifs is 5. The van der Waals surface area contributed by atoms with Crippen molar-refractivity contribution in [2.45, 2.75) is 53.4 Å². The smallest absolute Gasteiger partial charge is 0.0435 e. The first kappa shape index (κ1) is 30.9. The van der Waals surface area contributed by atoms with Gasteiger partial charge < -0.3 is 14.4 Å². The minimum absolute atomic E-state index is 0. The van der Waals surface area contributed by atoms with Crippen LogP contribution in [0.5, 0.6) is 0 Å². The van der Waals surface area contributed by atoms with Gasteiger partial charge in [0.05, 0.1) is 0 Å². The first-order valence-electron chi connectivity index (χ1n) is 15.4. The van der Waals surface area contributed by atoms with Crippen LogP contribution in [0.2, 0.25) is 0 Å². The molecule has 0 unspecified atom stereocenters. The van der Waals surface area contributed by atoms with Crippen LogP contribution in [0.15, 0.2) is 103 Å². The van der Waals surface area contributed by atoms with E-state index in [0.717, 1.165) is 28.6 Å². The van der Waals surface area contributed by atoms with E-state index < -0.39 is 0 Å². The normalized spacial score (nSPS) is 12.1. The SMILES string of the molecule is CC(C)(C)Cc1cc2ccnc3c4[c-]ccc5c6ccccc6n(c(c1)c23)c45.CC(C)(C)c1ccc(-c2[c-]cccc2)nc1.[Ir]. The summed E-state index contributed by atoms with van der Waals surface area (Å²) in [5, 5.41) is 6.16. The molecular weight excluding hydrogens is 727 g/mol. The summed E-state index contributed by atoms with van der Waals surface area (Å²) in [6, 6.07) is 38.5. The first-order chi connectivity index (χ1) is 21.1. The van der Waals surface area contributed by atoms with Gasteiger partial charge in [-0.1, -0.05) is 83.3 Å². The monoisotopic (exact) mass is 764 g/mol. The average molecular weight is 764 g/mol. The van der Waals surface area contributed by atoms with Gasteiger partial charge in [-0.25, -0.2) is 0 Å². The minimum atomic E-state index is 0. The molecule has 0 saturated carbocycles. The van der Waals surface area contributed by atoms with Crippen LogP contribution in [0, 0.1) is 17.5 Å². The van der Waals surface area contributed by atoms with Gasteiger partial charge in [0, 0.05) is 43.5 Å². The Balaban J connectivity index is 0.000000181. The number of benzene rings is 4. The Morgan fingerprint density at radius 1 is 0.733 bits per heavy atom. The Hall–Kier alpha value is -4.11. The van der Waals surface area contributed by atoms with E-state index in [1.54, 1.807) is 0 Å². The number of hydrogen-bond donors (Lipinski definition) is 0. The zero-order valence-corrected chi connectivity index (χ0v) is 29.1. The van der Waals surface area contributed by atoms with E-state index in [-0.39, 0.29) is 30.9 Å². The van der Waals surface area contributed by atoms with E-state index in [1.807, 2.05) is 42.7 Å². The number of nitrogens with zero attached hydrogens (tertiary/aromatic N) is 3. The molecule has 8 rings (SSSR count). The molecule has 0 saturated heterocycles. The van der Waals surface area contributed by atoms with Crippen LogP contribution in [-0.4, -0.2) is 14.4 Å². The van der Waals surface area contributed by atoms with Crippen LogP contribution in [0.1, 0.15) is 52.7 Å². The Morgan fingerprint density at radius 3 is 2.24 bits per heavy atom. The van der Waals surface area contributed by atoms with Crippen molar-refractivity contribution in [1.29, 1.82) is 0 Å². The van der Waals surface area contributed by atoms with Crippen molar-refractivity contribution in [1.82, 2.24) is 14.4 Å². The Labute approximate surface area is 279 Å². The quantitative estimate of drug-likeness (QED) is 0.0997. The van der Waals surface area contributed by atoms with Crippen LogP contribution in [0.25, 0.3) is 60.3 Å². The molecule has 0 aliphatic rings. The zero-order valence-electron chi connectivity index (χ0n) is 26.7. The molecule has 0 atom stereocenters. The predicted octanol–water partition coefficient (Wildman–Crippen LogP) is 10.6. The second-order valence-corrected chi connectivity index (χ2v) is 14.0. The Bertz CT molecular complexity index is 2250. The number of pyridine rings is 3. The van der Waals surface area contributed by atoms with Gasteiger partial charge in [0.2, 0.25) is 0 Å². The second kappa shape index (κ2) is 11.7. The third kappa shape index (κ3) is 5.74. The number of aromatic nitrogens is 3. The molecule has 4 heterocycles. The van der Waals surface area contributed by atoms with Crippen molar-refractivity contribution >= 4 is 49.0 Å². The summed E-state index contributed by atoms with van der Waals surface area (Å²) in [7, 11) is 0. The summed E-state index contributed by atoms with van der Waals surface area (Å²) in [6.07, 6.45) is 4.94. The molecule has 0 aliphatic heterocycles. The van der Waals surface area contributed by atoms with Crippen LogP contribution in [0.4, 0.5) is 0 Å². The van der Waals surface area contributed by atoms with Gasteiger partial charge in [0.15, 0.2) is 0 Å². The fraction of sp³-hybridized carbons (Fsp3) is 0.220. The van der Waals surface area contributed by atoms with E-state index in [0.29, 0.717) is 0 Å². The summed E-state index contributed by atoms with van der Waals surface area (Å²) < 4.78 is 2.43. The van der Waals surface area contributed by atoms with Gasteiger partial charge >= 0.3 is 0 Å². The van der Waals surface area contributed by atoms with E-state index in [2.05, 4.69) is 124 Å². The molecule has 4 aromatic heterocycles. The molecule has 0 N–H and O–H groups in total. The van der Waals surface area contributed by atoms with Crippen LogP contribution >= 0.6 is 0 Å². The van der Waals surface area contributed by atoms with Crippen molar-refractivity contribution in [2.75, 3.05) is 0 Å². The van der Waals surface area contributed by atoms with Gasteiger partial charge in [-0.15, -0.1) is 59.5 Å². The fourth-order valence-corrected chi connectivity index (χ4v) is 6.37. The first-order valence-corrected chi connectivity index (χ1v) is 15.4. The molecule has 1 radical (unpaired) electrons. The van der Waals surface area contributed by atoms with Crippen LogP contribution in [0.3, 0.4) is 0 Å². The number of rotatable bonds is 2. The maximum absolute atomic E-state index is 4.79. The molecule has 3 nitrogen and oxygen atoms in total. The predicted molar refractivity (Wildman–Crippen MR) is 186 cm³/mol. The summed E-state index contributed by atoms with van der Waals surface area (Å²) >= 11 is 0. The molecule has 227 valence electrons. The number of hydrogen-bond acceptors (Lipinski definition) is 2. The molecule has 0 bridgehead atoms. The van der Waals surface area contributed by atoms with Crippen LogP contribution < -0.4 is 0 Å². The summed E-state index contributed by atoms with van der Waals surface area (Å²) in [5.74, 6) is 0. The Kier molecular flexibility index (Phi) is 8.01. The molecular formula is C41H37IrN3-2. The summed E-state index contributed by atoms with van der Waals surface area (Å²) in [6.45, 7) is 13.5. The van der Waals surface area contributed by atoms with Gasteiger partial charge in [-0.05, 0) is 79.5 Å².